The molecule has 0 aromatic heterocycles. The van der Waals surface area contributed by atoms with E-state index in [-0.39, 0.29) is 6.10 Å². The van der Waals surface area contributed by atoms with Crippen LogP contribution in [0.5, 0.6) is 0 Å². The Hall–Kier alpha value is 0.190. The minimum atomic E-state index is -0.436. The van der Waals surface area contributed by atoms with Gasteiger partial charge >= 0.3 is 0 Å². The molecule has 5 heteroatoms. The predicted molar refractivity (Wildman–Crippen MR) is 85.5 cm³/mol. The molecule has 2 N–H and O–H groups in total. The van der Waals surface area contributed by atoms with Crippen LogP contribution >= 0.6 is 11.8 Å². The second-order valence-corrected chi connectivity index (χ2v) is 7.15. The minimum absolute atomic E-state index is 0.235. The SMILES string of the molecule is CSC1(CNCC(O)COCCOC(C)C)CCCC1. The number of aliphatic hydroxyl groups is 1. The first-order chi connectivity index (χ1) is 9.58. The smallest absolute Gasteiger partial charge is 0.0897 e. The number of hydrogen-bond acceptors (Lipinski definition) is 5. The Balaban J connectivity index is 2.01. The van der Waals surface area contributed by atoms with Crippen molar-refractivity contribution in [2.24, 2.45) is 0 Å². The lowest BCUT2D eigenvalue weighted by Gasteiger charge is -2.27. The number of rotatable bonds is 11. The molecule has 20 heavy (non-hydrogen) atoms. The molecule has 0 bridgehead atoms. The summed E-state index contributed by atoms with van der Waals surface area (Å²) in [5, 5.41) is 13.2. The maximum atomic E-state index is 9.85. The van der Waals surface area contributed by atoms with E-state index in [0.29, 0.717) is 31.1 Å². The largest absolute Gasteiger partial charge is 0.389 e. The van der Waals surface area contributed by atoms with Crippen LogP contribution in [0.4, 0.5) is 0 Å². The van der Waals surface area contributed by atoms with Gasteiger partial charge in [-0.05, 0) is 32.9 Å². The fourth-order valence-electron chi connectivity index (χ4n) is 2.56. The van der Waals surface area contributed by atoms with Crippen LogP contribution in [0.15, 0.2) is 0 Å². The molecule has 1 atom stereocenters. The molecule has 0 spiro atoms. The lowest BCUT2D eigenvalue weighted by molar-refractivity contribution is -0.0100. The Kier molecular flexibility index (Phi) is 9.13. The lowest BCUT2D eigenvalue weighted by atomic mass is 10.1. The van der Waals surface area contributed by atoms with Crippen molar-refractivity contribution in [2.75, 3.05) is 39.2 Å². The van der Waals surface area contributed by atoms with Crippen molar-refractivity contribution in [3.8, 4) is 0 Å². The van der Waals surface area contributed by atoms with E-state index in [1.807, 2.05) is 25.6 Å². The zero-order chi connectivity index (χ0) is 14.8. The first-order valence-corrected chi connectivity index (χ1v) is 8.94. The average molecular weight is 305 g/mol. The third-order valence-corrected chi connectivity index (χ3v) is 5.18. The summed E-state index contributed by atoms with van der Waals surface area (Å²) in [6.45, 7) is 7.11. The normalized spacial score (nSPS) is 19.6. The zero-order valence-corrected chi connectivity index (χ0v) is 14.0. The van der Waals surface area contributed by atoms with Crippen LogP contribution in [0.1, 0.15) is 39.5 Å². The molecule has 1 fully saturated rings. The van der Waals surface area contributed by atoms with Crippen molar-refractivity contribution in [3.63, 3.8) is 0 Å². The summed E-state index contributed by atoms with van der Waals surface area (Å²) >= 11 is 1.97. The summed E-state index contributed by atoms with van der Waals surface area (Å²) in [6.07, 6.45) is 7.25. The lowest BCUT2D eigenvalue weighted by Crippen LogP contribution is -2.40. The molecule has 0 saturated heterocycles. The second kappa shape index (κ2) is 10.0. The Morgan fingerprint density at radius 3 is 2.55 bits per heavy atom. The van der Waals surface area contributed by atoms with Crippen molar-refractivity contribution >= 4 is 11.8 Å². The van der Waals surface area contributed by atoms with Crippen molar-refractivity contribution in [2.45, 2.75) is 56.5 Å². The Labute approximate surface area is 128 Å². The third kappa shape index (κ3) is 7.27. The summed E-state index contributed by atoms with van der Waals surface area (Å²) in [5.41, 5.74) is 0. The fourth-order valence-corrected chi connectivity index (χ4v) is 3.50. The van der Waals surface area contributed by atoms with Crippen LogP contribution < -0.4 is 5.32 Å². The minimum Gasteiger partial charge on any atom is -0.389 e. The highest BCUT2D eigenvalue weighted by molar-refractivity contribution is 8.00. The van der Waals surface area contributed by atoms with Gasteiger partial charge in [0.2, 0.25) is 0 Å². The van der Waals surface area contributed by atoms with Gasteiger partial charge in [0.05, 0.1) is 32.0 Å². The van der Waals surface area contributed by atoms with Gasteiger partial charge in [0.15, 0.2) is 0 Å². The van der Waals surface area contributed by atoms with Gasteiger partial charge in [-0.2, -0.15) is 11.8 Å². The zero-order valence-electron chi connectivity index (χ0n) is 13.2. The van der Waals surface area contributed by atoms with E-state index in [4.69, 9.17) is 9.47 Å². The van der Waals surface area contributed by atoms with E-state index >= 15 is 0 Å². The second-order valence-electron chi connectivity index (χ2n) is 5.87. The number of hydrogen-bond donors (Lipinski definition) is 2. The topological polar surface area (TPSA) is 50.7 Å². The van der Waals surface area contributed by atoms with E-state index in [0.717, 1.165) is 6.54 Å². The summed E-state index contributed by atoms with van der Waals surface area (Å²) in [6, 6.07) is 0. The molecule has 4 nitrogen and oxygen atoms in total. The van der Waals surface area contributed by atoms with Crippen LogP contribution in [0.25, 0.3) is 0 Å². The van der Waals surface area contributed by atoms with E-state index in [2.05, 4.69) is 11.6 Å². The third-order valence-electron chi connectivity index (χ3n) is 3.76. The monoisotopic (exact) mass is 305 g/mol. The molecule has 1 aliphatic carbocycles. The highest BCUT2D eigenvalue weighted by atomic mass is 32.2. The highest BCUT2D eigenvalue weighted by Gasteiger charge is 2.32. The maximum absolute atomic E-state index is 9.85. The van der Waals surface area contributed by atoms with Gasteiger partial charge in [0.25, 0.3) is 0 Å². The van der Waals surface area contributed by atoms with Crippen LogP contribution in [0, 0.1) is 0 Å². The predicted octanol–water partition coefficient (Wildman–Crippen LogP) is 2.05. The van der Waals surface area contributed by atoms with Crippen LogP contribution in [-0.2, 0) is 9.47 Å². The number of aliphatic hydroxyl groups excluding tert-OH is 1. The van der Waals surface area contributed by atoms with E-state index in [9.17, 15) is 5.11 Å². The maximum Gasteiger partial charge on any atom is 0.0897 e. The molecule has 1 saturated carbocycles. The van der Waals surface area contributed by atoms with Crippen LogP contribution in [0.2, 0.25) is 0 Å². The molecule has 120 valence electrons. The summed E-state index contributed by atoms with van der Waals surface area (Å²) in [7, 11) is 0. The number of nitrogens with one attached hydrogen (secondary N) is 1. The standard InChI is InChI=1S/C15H31NO3S/c1-13(2)19-9-8-18-11-14(17)10-16-12-15(20-3)6-4-5-7-15/h13-14,16-17H,4-12H2,1-3H3. The molecule has 0 radical (unpaired) electrons. The van der Waals surface area contributed by atoms with Crippen molar-refractivity contribution in [1.29, 1.82) is 0 Å². The van der Waals surface area contributed by atoms with Gasteiger partial charge in [-0.25, -0.2) is 0 Å². The molecule has 0 heterocycles. The first kappa shape index (κ1) is 18.2. The van der Waals surface area contributed by atoms with Gasteiger partial charge in [0.1, 0.15) is 0 Å². The van der Waals surface area contributed by atoms with Gasteiger partial charge in [-0.15, -0.1) is 0 Å². The van der Waals surface area contributed by atoms with E-state index in [1.165, 1.54) is 25.7 Å². The van der Waals surface area contributed by atoms with Gasteiger partial charge in [0, 0.05) is 17.8 Å². The average Bonchev–Trinajstić information content (AvgIpc) is 2.87. The molecule has 0 amide bonds. The molecule has 1 aliphatic rings. The van der Waals surface area contributed by atoms with Gasteiger partial charge in [-0.1, -0.05) is 12.8 Å². The van der Waals surface area contributed by atoms with Gasteiger partial charge < -0.3 is 19.9 Å². The summed E-state index contributed by atoms with van der Waals surface area (Å²) < 4.78 is 11.2. The van der Waals surface area contributed by atoms with Crippen molar-refractivity contribution in [1.82, 2.24) is 5.32 Å². The molecule has 0 aliphatic heterocycles. The molecular weight excluding hydrogens is 274 g/mol. The molecule has 1 rings (SSSR count). The Bertz CT molecular complexity index is 245. The fraction of sp³-hybridized carbons (Fsp3) is 1.00. The van der Waals surface area contributed by atoms with Gasteiger partial charge in [-0.3, -0.25) is 0 Å². The van der Waals surface area contributed by atoms with E-state index in [1.54, 1.807) is 0 Å². The summed E-state index contributed by atoms with van der Waals surface area (Å²) in [4.78, 5) is 0. The molecular formula is C15H31NO3S. The number of ether oxygens (including phenoxy) is 2. The first-order valence-electron chi connectivity index (χ1n) is 7.71. The molecule has 0 aromatic rings. The Morgan fingerprint density at radius 2 is 1.95 bits per heavy atom. The Morgan fingerprint density at radius 1 is 1.25 bits per heavy atom. The number of thioether (sulfide) groups is 1. The van der Waals surface area contributed by atoms with Crippen molar-refractivity contribution in [3.05, 3.63) is 0 Å². The highest BCUT2D eigenvalue weighted by Crippen LogP contribution is 2.39. The molecule has 0 aromatic carbocycles. The van der Waals surface area contributed by atoms with E-state index < -0.39 is 6.10 Å². The van der Waals surface area contributed by atoms with Crippen LogP contribution in [0.3, 0.4) is 0 Å². The quantitative estimate of drug-likeness (QED) is 0.572. The summed E-state index contributed by atoms with van der Waals surface area (Å²) in [5.74, 6) is 0. The van der Waals surface area contributed by atoms with Crippen molar-refractivity contribution < 1.29 is 14.6 Å². The van der Waals surface area contributed by atoms with Crippen LogP contribution in [-0.4, -0.2) is 61.2 Å². The molecule has 1 unspecified atom stereocenters.